The minimum atomic E-state index is -3.38. The second-order valence-corrected chi connectivity index (χ2v) is 9.80. The molecule has 4 rings (SSSR count). The molecule has 1 aliphatic carbocycles. The van der Waals surface area contributed by atoms with Crippen LogP contribution in [0.1, 0.15) is 24.0 Å². The van der Waals surface area contributed by atoms with Gasteiger partial charge in [-0.25, -0.2) is 8.42 Å². The zero-order chi connectivity index (χ0) is 19.6. The first-order chi connectivity index (χ1) is 13.6. The van der Waals surface area contributed by atoms with Gasteiger partial charge in [-0.3, -0.25) is 4.90 Å². The molecule has 1 unspecified atom stereocenters. The summed E-state index contributed by atoms with van der Waals surface area (Å²) in [5, 5.41) is 9.53. The quantitative estimate of drug-likeness (QED) is 0.806. The molecule has 2 aromatic carbocycles. The van der Waals surface area contributed by atoms with Crippen LogP contribution in [0.4, 0.5) is 0 Å². The van der Waals surface area contributed by atoms with E-state index < -0.39 is 9.84 Å². The molecule has 1 saturated carbocycles. The molecule has 2 aromatic rings. The summed E-state index contributed by atoms with van der Waals surface area (Å²) in [6.45, 7) is 2.43. The highest BCUT2D eigenvalue weighted by Crippen LogP contribution is 2.35. The van der Waals surface area contributed by atoms with Crippen LogP contribution in [0, 0.1) is 5.92 Å². The number of rotatable bonds is 6. The first-order valence-electron chi connectivity index (χ1n) is 9.88. The molecule has 28 heavy (non-hydrogen) atoms. The number of aliphatic hydroxyl groups is 1. The Morgan fingerprint density at radius 3 is 2.46 bits per heavy atom. The molecular formula is C22H27NO4S. The van der Waals surface area contributed by atoms with Crippen LogP contribution in [0.25, 0.3) is 0 Å². The van der Waals surface area contributed by atoms with Crippen LogP contribution in [0.2, 0.25) is 0 Å². The highest BCUT2D eigenvalue weighted by atomic mass is 32.2. The minimum absolute atomic E-state index is 0.00485. The molecule has 1 aliphatic heterocycles. The maximum Gasteiger partial charge on any atom is 0.182 e. The molecule has 1 heterocycles. The van der Waals surface area contributed by atoms with Gasteiger partial charge in [0.1, 0.15) is 0 Å². The van der Waals surface area contributed by atoms with Crippen molar-refractivity contribution in [3.63, 3.8) is 0 Å². The lowest BCUT2D eigenvalue weighted by Gasteiger charge is -2.38. The average molecular weight is 402 g/mol. The van der Waals surface area contributed by atoms with Gasteiger partial charge in [-0.2, -0.15) is 0 Å². The zero-order valence-electron chi connectivity index (χ0n) is 15.9. The van der Waals surface area contributed by atoms with Crippen LogP contribution in [0.15, 0.2) is 59.5 Å². The molecule has 5 nitrogen and oxygen atoms in total. The van der Waals surface area contributed by atoms with Crippen molar-refractivity contribution < 1.29 is 18.3 Å². The van der Waals surface area contributed by atoms with E-state index in [4.69, 9.17) is 4.74 Å². The van der Waals surface area contributed by atoms with E-state index in [0.29, 0.717) is 30.0 Å². The molecule has 3 atom stereocenters. The highest BCUT2D eigenvalue weighted by molar-refractivity contribution is 7.90. The van der Waals surface area contributed by atoms with Crippen molar-refractivity contribution >= 4 is 9.84 Å². The number of ether oxygens (including phenoxy) is 1. The van der Waals surface area contributed by atoms with Crippen molar-refractivity contribution in [2.24, 2.45) is 5.92 Å². The molecule has 2 aliphatic rings. The van der Waals surface area contributed by atoms with E-state index in [9.17, 15) is 13.5 Å². The number of fused-ring (bicyclic) bond motifs is 1. The number of aliphatic hydroxyl groups excluding tert-OH is 1. The van der Waals surface area contributed by atoms with E-state index in [-0.39, 0.29) is 18.5 Å². The smallest absolute Gasteiger partial charge is 0.182 e. The maximum absolute atomic E-state index is 12.8. The van der Waals surface area contributed by atoms with Gasteiger partial charge >= 0.3 is 0 Å². The fourth-order valence-electron chi connectivity index (χ4n) is 4.46. The number of nitrogens with zero attached hydrogens (tertiary/aromatic N) is 1. The fraction of sp³-hybridized carbons (Fsp3) is 0.455. The molecule has 150 valence electrons. The molecule has 0 spiro atoms. The monoisotopic (exact) mass is 401 g/mol. The first-order valence-corrected chi connectivity index (χ1v) is 11.5. The SMILES string of the molecule is O=S(=O)(Cc1ccccc1CN1CCOC2C[C@H](CO)C[C@@H]21)c1ccccc1. The summed E-state index contributed by atoms with van der Waals surface area (Å²) in [5.41, 5.74) is 1.90. The van der Waals surface area contributed by atoms with Gasteiger partial charge in [-0.15, -0.1) is 0 Å². The largest absolute Gasteiger partial charge is 0.396 e. The van der Waals surface area contributed by atoms with Crippen molar-refractivity contribution in [1.29, 1.82) is 0 Å². The standard InChI is InChI=1S/C22H27NO4S/c24-15-17-12-21-22(13-17)27-11-10-23(21)14-18-6-4-5-7-19(18)16-28(25,26)20-8-2-1-3-9-20/h1-9,17,21-22,24H,10-16H2/t17-,21+,22?/m1/s1. The summed E-state index contributed by atoms with van der Waals surface area (Å²) in [6.07, 6.45) is 2.01. The Hall–Kier alpha value is -1.73. The Bertz CT molecular complexity index is 900. The summed E-state index contributed by atoms with van der Waals surface area (Å²) in [4.78, 5) is 2.76. The summed E-state index contributed by atoms with van der Waals surface area (Å²) < 4.78 is 31.6. The summed E-state index contributed by atoms with van der Waals surface area (Å²) in [6, 6.07) is 16.7. The number of hydrogen-bond acceptors (Lipinski definition) is 5. The van der Waals surface area contributed by atoms with Gasteiger partial charge in [0.25, 0.3) is 0 Å². The Balaban J connectivity index is 1.54. The molecule has 6 heteroatoms. The lowest BCUT2D eigenvalue weighted by molar-refractivity contribution is -0.0591. The average Bonchev–Trinajstić information content (AvgIpc) is 3.14. The number of morpholine rings is 1. The van der Waals surface area contributed by atoms with Crippen molar-refractivity contribution in [2.75, 3.05) is 19.8 Å². The van der Waals surface area contributed by atoms with E-state index >= 15 is 0 Å². The zero-order valence-corrected chi connectivity index (χ0v) is 16.7. The van der Waals surface area contributed by atoms with E-state index in [2.05, 4.69) is 4.90 Å². The van der Waals surface area contributed by atoms with E-state index in [1.54, 1.807) is 24.3 Å². The lowest BCUT2D eigenvalue weighted by atomic mass is 10.0. The van der Waals surface area contributed by atoms with E-state index in [0.717, 1.165) is 30.5 Å². The van der Waals surface area contributed by atoms with Crippen LogP contribution in [-0.4, -0.2) is 50.3 Å². The third-order valence-electron chi connectivity index (χ3n) is 5.95. The van der Waals surface area contributed by atoms with Crippen LogP contribution in [-0.2, 0) is 26.9 Å². The summed E-state index contributed by atoms with van der Waals surface area (Å²) in [5.74, 6) is 0.300. The molecule has 0 bridgehead atoms. The second kappa shape index (κ2) is 8.33. The molecule has 1 N–H and O–H groups in total. The van der Waals surface area contributed by atoms with Gasteiger partial charge < -0.3 is 9.84 Å². The van der Waals surface area contributed by atoms with Crippen molar-refractivity contribution in [2.45, 2.75) is 42.2 Å². The molecule has 1 saturated heterocycles. The van der Waals surface area contributed by atoms with Crippen LogP contribution in [0.5, 0.6) is 0 Å². The molecule has 0 amide bonds. The number of benzene rings is 2. The normalized spacial score (nSPS) is 25.5. The van der Waals surface area contributed by atoms with Crippen molar-refractivity contribution in [3.05, 3.63) is 65.7 Å². The predicted molar refractivity (Wildman–Crippen MR) is 108 cm³/mol. The minimum Gasteiger partial charge on any atom is -0.396 e. The van der Waals surface area contributed by atoms with Gasteiger partial charge in [0.05, 0.1) is 23.4 Å². The molecule has 0 aromatic heterocycles. The fourth-order valence-corrected chi connectivity index (χ4v) is 5.89. The molecule has 0 radical (unpaired) electrons. The van der Waals surface area contributed by atoms with Crippen LogP contribution < -0.4 is 0 Å². The first kappa shape index (κ1) is 19.6. The Kier molecular flexibility index (Phi) is 5.83. The third kappa shape index (κ3) is 4.15. The van der Waals surface area contributed by atoms with Gasteiger partial charge in [0.15, 0.2) is 9.84 Å². The number of hydrogen-bond donors (Lipinski definition) is 1. The van der Waals surface area contributed by atoms with Gasteiger partial charge in [-0.1, -0.05) is 42.5 Å². The predicted octanol–water partition coefficient (Wildman–Crippen LogP) is 2.63. The second-order valence-electron chi connectivity index (χ2n) is 7.81. The Labute approximate surface area is 166 Å². The lowest BCUT2D eigenvalue weighted by Crippen LogP contribution is -2.48. The third-order valence-corrected chi connectivity index (χ3v) is 7.63. The Morgan fingerprint density at radius 1 is 1.00 bits per heavy atom. The highest BCUT2D eigenvalue weighted by Gasteiger charge is 2.40. The molecular weight excluding hydrogens is 374 g/mol. The molecule has 2 fully saturated rings. The van der Waals surface area contributed by atoms with Gasteiger partial charge in [0, 0.05) is 25.7 Å². The Morgan fingerprint density at radius 2 is 1.71 bits per heavy atom. The van der Waals surface area contributed by atoms with Gasteiger partial charge in [0.2, 0.25) is 0 Å². The topological polar surface area (TPSA) is 66.8 Å². The van der Waals surface area contributed by atoms with Crippen molar-refractivity contribution in [1.82, 2.24) is 4.90 Å². The van der Waals surface area contributed by atoms with Crippen LogP contribution in [0.3, 0.4) is 0 Å². The van der Waals surface area contributed by atoms with E-state index in [1.165, 1.54) is 0 Å². The van der Waals surface area contributed by atoms with Crippen LogP contribution >= 0.6 is 0 Å². The van der Waals surface area contributed by atoms with E-state index in [1.807, 2.05) is 30.3 Å². The van der Waals surface area contributed by atoms with Gasteiger partial charge in [-0.05, 0) is 42.0 Å². The van der Waals surface area contributed by atoms with Crippen molar-refractivity contribution in [3.8, 4) is 0 Å². The number of sulfone groups is 1. The summed E-state index contributed by atoms with van der Waals surface area (Å²) >= 11 is 0. The maximum atomic E-state index is 12.8. The summed E-state index contributed by atoms with van der Waals surface area (Å²) in [7, 11) is -3.38.